The van der Waals surface area contributed by atoms with Gasteiger partial charge in [0.1, 0.15) is 11.6 Å². The molecule has 0 bridgehead atoms. The number of aryl methyl sites for hydroxylation is 1. The van der Waals surface area contributed by atoms with Gasteiger partial charge in [0, 0.05) is 50.7 Å². The average molecular weight is 479 g/mol. The zero-order chi connectivity index (χ0) is 24.4. The molecule has 1 amide bonds. The molecule has 8 heteroatoms. The number of unbranched alkanes of at least 4 members (excludes halogenated alkanes) is 1. The Labute approximate surface area is 206 Å². The normalized spacial score (nSPS) is 19.4. The Morgan fingerprint density at radius 1 is 1.03 bits per heavy atom. The maximum absolute atomic E-state index is 12.3. The maximum Gasteiger partial charge on any atom is 0.225 e. The Balaban J connectivity index is 1.06. The van der Waals surface area contributed by atoms with Crippen molar-refractivity contribution in [3.05, 3.63) is 41.5 Å². The van der Waals surface area contributed by atoms with Crippen molar-refractivity contribution in [2.45, 2.75) is 51.6 Å². The van der Waals surface area contributed by atoms with E-state index in [0.717, 1.165) is 74.6 Å². The summed E-state index contributed by atoms with van der Waals surface area (Å²) in [5.74, 6) is 2.22. The molecular weight excluding hydrogens is 444 g/mol. The maximum atomic E-state index is 12.3. The fraction of sp³-hybridized carbons (Fsp3) is 0.519. The molecule has 35 heavy (non-hydrogen) atoms. The predicted molar refractivity (Wildman–Crippen MR) is 134 cm³/mol. The number of anilines is 2. The predicted octanol–water partition coefficient (Wildman–Crippen LogP) is 3.23. The van der Waals surface area contributed by atoms with Gasteiger partial charge >= 0.3 is 0 Å². The highest BCUT2D eigenvalue weighted by atomic mass is 16.5. The summed E-state index contributed by atoms with van der Waals surface area (Å²) in [5, 5.41) is 2.82. The van der Waals surface area contributed by atoms with Gasteiger partial charge < -0.3 is 19.7 Å². The summed E-state index contributed by atoms with van der Waals surface area (Å²) < 4.78 is 12.0. The fourth-order valence-corrected chi connectivity index (χ4v) is 4.91. The molecule has 0 saturated carbocycles. The monoisotopic (exact) mass is 478 g/mol. The van der Waals surface area contributed by atoms with Crippen LogP contribution >= 0.6 is 0 Å². The van der Waals surface area contributed by atoms with Gasteiger partial charge in [0.15, 0.2) is 11.4 Å². The number of hydrogen-bond donors (Lipinski definition) is 1. The smallest absolute Gasteiger partial charge is 0.225 e. The van der Waals surface area contributed by atoms with Crippen molar-refractivity contribution in [2.24, 2.45) is 0 Å². The number of rotatable bonds is 7. The minimum absolute atomic E-state index is 0.0147. The molecule has 0 spiro atoms. The van der Waals surface area contributed by atoms with Crippen molar-refractivity contribution in [1.29, 1.82) is 0 Å². The highest BCUT2D eigenvalue weighted by Crippen LogP contribution is 2.39. The van der Waals surface area contributed by atoms with Gasteiger partial charge in [-0.1, -0.05) is 12.1 Å². The lowest BCUT2D eigenvalue weighted by molar-refractivity contribution is -0.132. The van der Waals surface area contributed by atoms with E-state index in [1.54, 1.807) is 0 Å². The number of Topliss-reactive ketones (excluding diaryl/α,β-unsaturated/α-hetero) is 1. The van der Waals surface area contributed by atoms with E-state index in [1.807, 2.05) is 38.1 Å². The van der Waals surface area contributed by atoms with Gasteiger partial charge in [0.2, 0.25) is 11.8 Å². The number of benzene rings is 1. The number of piperazine rings is 1. The van der Waals surface area contributed by atoms with E-state index < -0.39 is 5.60 Å². The molecule has 4 heterocycles. The first-order valence-electron chi connectivity index (χ1n) is 12.6. The summed E-state index contributed by atoms with van der Waals surface area (Å²) in [6.45, 7) is 9.24. The van der Waals surface area contributed by atoms with Crippen LogP contribution < -0.4 is 19.7 Å². The number of aromatic nitrogens is 1. The van der Waals surface area contributed by atoms with Crippen molar-refractivity contribution >= 4 is 23.2 Å². The van der Waals surface area contributed by atoms with Crippen LogP contribution in [0.25, 0.3) is 0 Å². The summed E-state index contributed by atoms with van der Waals surface area (Å²) in [7, 11) is 0. The second-order valence-corrected chi connectivity index (χ2v) is 10.1. The molecule has 3 aliphatic heterocycles. The van der Waals surface area contributed by atoms with Crippen LogP contribution in [-0.2, 0) is 22.4 Å². The van der Waals surface area contributed by atoms with Gasteiger partial charge in [-0.3, -0.25) is 14.5 Å². The van der Waals surface area contributed by atoms with Crippen LogP contribution in [0.1, 0.15) is 44.2 Å². The SMILES string of the molecule is CC1(C)Oc2c(cccc2N2CCN(CCCCOc3ccc4c(n3)NC(=O)CC4)CC2)CC1=O. The number of fused-ring (bicyclic) bond motifs is 2. The molecular formula is C27H34N4O4. The van der Waals surface area contributed by atoms with E-state index in [4.69, 9.17) is 9.47 Å². The van der Waals surface area contributed by atoms with E-state index in [1.165, 1.54) is 0 Å². The van der Waals surface area contributed by atoms with Crippen LogP contribution in [0.15, 0.2) is 30.3 Å². The van der Waals surface area contributed by atoms with Gasteiger partial charge in [0.05, 0.1) is 12.3 Å². The number of hydrogen-bond acceptors (Lipinski definition) is 7. The largest absolute Gasteiger partial charge is 0.478 e. The number of pyridine rings is 1. The number of amides is 1. The molecule has 1 aromatic carbocycles. The third kappa shape index (κ3) is 5.27. The Bertz CT molecular complexity index is 1110. The zero-order valence-electron chi connectivity index (χ0n) is 20.6. The quantitative estimate of drug-likeness (QED) is 0.612. The Hall–Kier alpha value is -3.13. The summed E-state index contributed by atoms with van der Waals surface area (Å²) in [6, 6.07) is 10.0. The summed E-state index contributed by atoms with van der Waals surface area (Å²) in [5.41, 5.74) is 2.39. The first-order chi connectivity index (χ1) is 16.9. The molecule has 1 saturated heterocycles. The summed E-state index contributed by atoms with van der Waals surface area (Å²) >= 11 is 0. The van der Waals surface area contributed by atoms with E-state index in [-0.39, 0.29) is 11.7 Å². The molecule has 0 unspecified atom stereocenters. The minimum Gasteiger partial charge on any atom is -0.478 e. The highest BCUT2D eigenvalue weighted by molar-refractivity contribution is 5.93. The van der Waals surface area contributed by atoms with Crippen molar-refractivity contribution in [1.82, 2.24) is 9.88 Å². The lowest BCUT2D eigenvalue weighted by Gasteiger charge is -2.39. The van der Waals surface area contributed by atoms with Gasteiger partial charge in [-0.15, -0.1) is 0 Å². The van der Waals surface area contributed by atoms with Crippen LogP contribution in [0.4, 0.5) is 11.5 Å². The van der Waals surface area contributed by atoms with Gasteiger partial charge in [-0.2, -0.15) is 4.98 Å². The van der Waals surface area contributed by atoms with Crippen LogP contribution in [-0.4, -0.2) is 66.5 Å². The van der Waals surface area contributed by atoms with Crippen LogP contribution in [0.2, 0.25) is 0 Å². The van der Waals surface area contributed by atoms with Crippen LogP contribution in [0.5, 0.6) is 11.6 Å². The summed E-state index contributed by atoms with van der Waals surface area (Å²) in [4.78, 5) is 33.2. The van der Waals surface area contributed by atoms with Crippen molar-refractivity contribution in [2.75, 3.05) is 49.5 Å². The fourth-order valence-electron chi connectivity index (χ4n) is 4.91. The number of carbonyl (C=O) groups is 2. The molecule has 186 valence electrons. The van der Waals surface area contributed by atoms with E-state index in [9.17, 15) is 9.59 Å². The third-order valence-corrected chi connectivity index (χ3v) is 7.12. The molecule has 0 atom stereocenters. The zero-order valence-corrected chi connectivity index (χ0v) is 20.6. The van der Waals surface area contributed by atoms with Gasteiger partial charge in [-0.05, 0) is 57.4 Å². The van der Waals surface area contributed by atoms with E-state index in [0.29, 0.717) is 31.1 Å². The van der Waals surface area contributed by atoms with Crippen LogP contribution in [0.3, 0.4) is 0 Å². The van der Waals surface area contributed by atoms with E-state index in [2.05, 4.69) is 26.2 Å². The topological polar surface area (TPSA) is 84.0 Å². The second kappa shape index (κ2) is 9.85. The first-order valence-corrected chi connectivity index (χ1v) is 12.6. The number of nitrogens with one attached hydrogen (secondary N) is 1. The van der Waals surface area contributed by atoms with Crippen LogP contribution in [0, 0.1) is 0 Å². The number of para-hydroxylation sites is 1. The van der Waals surface area contributed by atoms with Crippen molar-refractivity contribution < 1.29 is 19.1 Å². The first kappa shape index (κ1) is 23.6. The Morgan fingerprint density at radius 2 is 1.86 bits per heavy atom. The minimum atomic E-state index is -0.768. The molecule has 1 fully saturated rings. The number of nitrogens with zero attached hydrogens (tertiary/aromatic N) is 3. The second-order valence-electron chi connectivity index (χ2n) is 10.1. The number of ketones is 1. The number of ether oxygens (including phenoxy) is 2. The van der Waals surface area contributed by atoms with Crippen molar-refractivity contribution in [3.63, 3.8) is 0 Å². The molecule has 0 aliphatic carbocycles. The molecule has 5 rings (SSSR count). The Kier molecular flexibility index (Phi) is 6.65. The molecule has 2 aromatic rings. The van der Waals surface area contributed by atoms with Crippen molar-refractivity contribution in [3.8, 4) is 11.6 Å². The molecule has 8 nitrogen and oxygen atoms in total. The molecule has 1 N–H and O–H groups in total. The number of carbonyl (C=O) groups excluding carboxylic acids is 2. The third-order valence-electron chi connectivity index (χ3n) is 7.12. The summed E-state index contributed by atoms with van der Waals surface area (Å²) in [6.07, 6.45) is 3.70. The molecule has 1 aromatic heterocycles. The Morgan fingerprint density at radius 3 is 2.69 bits per heavy atom. The lowest BCUT2D eigenvalue weighted by Crippen LogP contribution is -2.48. The molecule has 3 aliphatic rings. The lowest BCUT2D eigenvalue weighted by atomic mass is 9.92. The highest BCUT2D eigenvalue weighted by Gasteiger charge is 2.37. The molecule has 0 radical (unpaired) electrons. The standard InChI is InChI=1S/C27H34N4O4/c1-27(2)22(32)18-20-6-5-7-21(25(20)35-27)31-15-13-30(14-16-31)12-3-4-17-34-24-11-9-19-8-10-23(33)28-26(19)29-24/h5-7,9,11H,3-4,8,10,12-18H2,1-2H3,(H,28,29,33). The van der Waals surface area contributed by atoms with Gasteiger partial charge in [-0.25, -0.2) is 0 Å². The van der Waals surface area contributed by atoms with E-state index >= 15 is 0 Å². The average Bonchev–Trinajstić information content (AvgIpc) is 2.84. The van der Waals surface area contributed by atoms with Gasteiger partial charge in [0.25, 0.3) is 0 Å².